The van der Waals surface area contributed by atoms with E-state index in [-0.39, 0.29) is 29.5 Å². The molecule has 1 aliphatic rings. The lowest BCUT2D eigenvalue weighted by Gasteiger charge is -2.26. The number of benzene rings is 1. The smallest absolute Gasteiger partial charge is 0.243 e. The maximum absolute atomic E-state index is 13.0. The van der Waals surface area contributed by atoms with Crippen LogP contribution in [0.3, 0.4) is 0 Å². The van der Waals surface area contributed by atoms with E-state index in [2.05, 4.69) is 19.2 Å². The number of piperidine rings is 1. The summed E-state index contributed by atoms with van der Waals surface area (Å²) in [7, 11) is -1.69. The summed E-state index contributed by atoms with van der Waals surface area (Å²) in [6, 6.07) is 4.98. The van der Waals surface area contributed by atoms with Crippen molar-refractivity contribution in [3.05, 3.63) is 18.2 Å². The van der Waals surface area contributed by atoms with Gasteiger partial charge in [-0.25, -0.2) is 8.42 Å². The highest BCUT2D eigenvalue weighted by Gasteiger charge is 2.27. The van der Waals surface area contributed by atoms with E-state index in [1.807, 2.05) is 25.8 Å². The minimum Gasteiger partial charge on any atom is -0.489 e. The molecule has 0 radical (unpaired) electrons. The number of anilines is 1. The fourth-order valence-corrected chi connectivity index (χ4v) is 4.81. The summed E-state index contributed by atoms with van der Waals surface area (Å²) < 4.78 is 33.4. The van der Waals surface area contributed by atoms with Gasteiger partial charge >= 0.3 is 0 Å². The monoisotopic (exact) mass is 425 g/mol. The Morgan fingerprint density at radius 1 is 1.21 bits per heavy atom. The van der Waals surface area contributed by atoms with Crippen LogP contribution in [-0.4, -0.2) is 62.4 Å². The largest absolute Gasteiger partial charge is 0.489 e. The zero-order chi connectivity index (χ0) is 21.6. The number of hydrogen-bond acceptors (Lipinski definition) is 5. The summed E-state index contributed by atoms with van der Waals surface area (Å²) in [5, 5.41) is 2.85. The molecule has 0 bridgehead atoms. The SMILES string of the molecule is CCC(C)N(C)CC(=O)Nc1cc(S(=O)(=O)N2CCCCC2)ccc1OC(C)C. The van der Waals surface area contributed by atoms with Gasteiger partial charge < -0.3 is 10.1 Å². The quantitative estimate of drug-likeness (QED) is 0.657. The zero-order valence-electron chi connectivity index (χ0n) is 18.3. The van der Waals surface area contributed by atoms with Crippen molar-refractivity contribution in [2.75, 3.05) is 32.0 Å². The molecule has 1 heterocycles. The minimum atomic E-state index is -3.59. The van der Waals surface area contributed by atoms with Gasteiger partial charge in [0.25, 0.3) is 0 Å². The average molecular weight is 426 g/mol. The van der Waals surface area contributed by atoms with Gasteiger partial charge in [0.2, 0.25) is 15.9 Å². The van der Waals surface area contributed by atoms with Crippen molar-refractivity contribution >= 4 is 21.6 Å². The van der Waals surface area contributed by atoms with Gasteiger partial charge in [-0.2, -0.15) is 4.31 Å². The zero-order valence-corrected chi connectivity index (χ0v) is 19.1. The molecular formula is C21H35N3O4S. The van der Waals surface area contributed by atoms with Gasteiger partial charge in [0.1, 0.15) is 5.75 Å². The predicted octanol–water partition coefficient (Wildman–Crippen LogP) is 3.32. The molecule has 1 amide bonds. The Kier molecular flexibility index (Phi) is 8.48. The maximum Gasteiger partial charge on any atom is 0.243 e. The lowest BCUT2D eigenvalue weighted by atomic mass is 10.2. The second-order valence-electron chi connectivity index (χ2n) is 8.01. The molecule has 29 heavy (non-hydrogen) atoms. The van der Waals surface area contributed by atoms with Gasteiger partial charge in [-0.1, -0.05) is 13.3 Å². The highest BCUT2D eigenvalue weighted by Crippen LogP contribution is 2.31. The highest BCUT2D eigenvalue weighted by molar-refractivity contribution is 7.89. The van der Waals surface area contributed by atoms with Crippen LogP contribution in [0.15, 0.2) is 23.1 Å². The van der Waals surface area contributed by atoms with E-state index < -0.39 is 10.0 Å². The number of ether oxygens (including phenoxy) is 1. The third kappa shape index (κ3) is 6.42. The van der Waals surface area contributed by atoms with Crippen LogP contribution in [0.4, 0.5) is 5.69 Å². The first kappa shape index (κ1) is 23.6. The molecule has 7 nitrogen and oxygen atoms in total. The molecule has 8 heteroatoms. The van der Waals surface area contributed by atoms with E-state index >= 15 is 0 Å². The summed E-state index contributed by atoms with van der Waals surface area (Å²) in [5.41, 5.74) is 0.388. The molecule has 1 fully saturated rings. The molecule has 0 aliphatic carbocycles. The van der Waals surface area contributed by atoms with Crippen molar-refractivity contribution in [1.82, 2.24) is 9.21 Å². The van der Waals surface area contributed by atoms with E-state index in [4.69, 9.17) is 4.74 Å². The van der Waals surface area contributed by atoms with Crippen molar-refractivity contribution < 1.29 is 17.9 Å². The van der Waals surface area contributed by atoms with E-state index in [9.17, 15) is 13.2 Å². The Balaban J connectivity index is 2.27. The molecular weight excluding hydrogens is 390 g/mol. The molecule has 0 aromatic heterocycles. The number of nitrogens with one attached hydrogen (secondary N) is 1. The van der Waals surface area contributed by atoms with Crippen LogP contribution < -0.4 is 10.1 Å². The Hall–Kier alpha value is -1.64. The fourth-order valence-electron chi connectivity index (χ4n) is 3.26. The van der Waals surface area contributed by atoms with Crippen LogP contribution in [0.1, 0.15) is 53.4 Å². The highest BCUT2D eigenvalue weighted by atomic mass is 32.2. The number of carbonyl (C=O) groups excluding carboxylic acids is 1. The third-order valence-corrected chi connectivity index (χ3v) is 7.17. The number of hydrogen-bond donors (Lipinski definition) is 1. The molecule has 1 unspecified atom stereocenters. The van der Waals surface area contributed by atoms with Crippen molar-refractivity contribution in [2.45, 2.75) is 70.4 Å². The van der Waals surface area contributed by atoms with Crippen LogP contribution in [0.5, 0.6) is 5.75 Å². The Morgan fingerprint density at radius 3 is 2.45 bits per heavy atom. The number of nitrogens with zero attached hydrogens (tertiary/aromatic N) is 2. The van der Waals surface area contributed by atoms with Crippen LogP contribution in [0.25, 0.3) is 0 Å². The molecule has 2 rings (SSSR count). The van der Waals surface area contributed by atoms with Crippen molar-refractivity contribution in [3.8, 4) is 5.75 Å². The Morgan fingerprint density at radius 2 is 1.86 bits per heavy atom. The van der Waals surface area contributed by atoms with Crippen LogP contribution in [0, 0.1) is 0 Å². The third-order valence-electron chi connectivity index (χ3n) is 5.28. The van der Waals surface area contributed by atoms with Gasteiger partial charge in [-0.15, -0.1) is 0 Å². The molecule has 0 saturated carbocycles. The van der Waals surface area contributed by atoms with Crippen LogP contribution in [-0.2, 0) is 14.8 Å². The lowest BCUT2D eigenvalue weighted by Crippen LogP contribution is -2.36. The topological polar surface area (TPSA) is 79.0 Å². The van der Waals surface area contributed by atoms with E-state index in [1.54, 1.807) is 12.1 Å². The van der Waals surface area contributed by atoms with Gasteiger partial charge in [0.15, 0.2) is 0 Å². The number of sulfonamides is 1. The van der Waals surface area contributed by atoms with Gasteiger partial charge in [-0.05, 0) is 65.3 Å². The fraction of sp³-hybridized carbons (Fsp3) is 0.667. The summed E-state index contributed by atoms with van der Waals surface area (Å²) >= 11 is 0. The van der Waals surface area contributed by atoms with E-state index in [0.29, 0.717) is 24.5 Å². The molecule has 1 atom stereocenters. The number of likely N-dealkylation sites (N-methyl/N-ethyl adjacent to an activating group) is 1. The molecule has 1 aromatic rings. The standard InChI is InChI=1S/C21H35N3O4S/c1-6-17(4)23(5)15-21(25)22-19-14-18(10-11-20(19)28-16(2)3)29(26,27)24-12-8-7-9-13-24/h10-11,14,16-17H,6-9,12-13,15H2,1-5H3,(H,22,25). The molecule has 1 aromatic carbocycles. The second-order valence-corrected chi connectivity index (χ2v) is 9.95. The predicted molar refractivity (Wildman–Crippen MR) is 116 cm³/mol. The van der Waals surface area contributed by atoms with Crippen molar-refractivity contribution in [3.63, 3.8) is 0 Å². The molecule has 1 saturated heterocycles. The Labute approximate surface area is 175 Å². The summed E-state index contributed by atoms with van der Waals surface area (Å²) in [4.78, 5) is 14.7. The Bertz CT molecular complexity index is 789. The van der Waals surface area contributed by atoms with Crippen LogP contribution in [0.2, 0.25) is 0 Å². The molecule has 1 N–H and O–H groups in total. The van der Waals surface area contributed by atoms with Gasteiger partial charge in [-0.3, -0.25) is 9.69 Å². The first-order chi connectivity index (χ1) is 13.6. The molecule has 164 valence electrons. The first-order valence-electron chi connectivity index (χ1n) is 10.5. The number of amides is 1. The number of carbonyl (C=O) groups is 1. The summed E-state index contributed by atoms with van der Waals surface area (Å²) in [5.74, 6) is 0.270. The minimum absolute atomic E-state index is 0.0991. The van der Waals surface area contributed by atoms with Crippen LogP contribution >= 0.6 is 0 Å². The maximum atomic E-state index is 13.0. The van der Waals surface area contributed by atoms with E-state index in [0.717, 1.165) is 25.7 Å². The molecule has 1 aliphatic heterocycles. The normalized spacial score (nSPS) is 16.8. The summed E-state index contributed by atoms with van der Waals surface area (Å²) in [6.07, 6.45) is 3.64. The second kappa shape index (κ2) is 10.4. The number of rotatable bonds is 9. The van der Waals surface area contributed by atoms with Crippen molar-refractivity contribution in [2.24, 2.45) is 0 Å². The molecule has 0 spiro atoms. The van der Waals surface area contributed by atoms with Gasteiger partial charge in [0.05, 0.1) is 23.2 Å². The van der Waals surface area contributed by atoms with E-state index in [1.165, 1.54) is 10.4 Å². The van der Waals surface area contributed by atoms with Crippen molar-refractivity contribution in [1.29, 1.82) is 0 Å². The van der Waals surface area contributed by atoms with Gasteiger partial charge in [0, 0.05) is 19.1 Å². The lowest BCUT2D eigenvalue weighted by molar-refractivity contribution is -0.117. The first-order valence-corrected chi connectivity index (χ1v) is 11.9. The average Bonchev–Trinajstić information content (AvgIpc) is 2.68. The summed E-state index contributed by atoms with van der Waals surface area (Å²) in [6.45, 7) is 9.21.